The van der Waals surface area contributed by atoms with Gasteiger partial charge in [-0.1, -0.05) is 0 Å². The van der Waals surface area contributed by atoms with Gasteiger partial charge in [0.1, 0.15) is 5.78 Å². The van der Waals surface area contributed by atoms with Crippen LogP contribution in [0.2, 0.25) is 0 Å². The van der Waals surface area contributed by atoms with Crippen LogP contribution in [-0.2, 0) is 14.3 Å². The van der Waals surface area contributed by atoms with Crippen molar-refractivity contribution in [3.05, 3.63) is 0 Å². The molecule has 0 saturated carbocycles. The van der Waals surface area contributed by atoms with Gasteiger partial charge in [-0.05, 0) is 6.92 Å². The summed E-state index contributed by atoms with van der Waals surface area (Å²) in [5.74, 6) is -0.396. The molecule has 0 bridgehead atoms. The smallest absolute Gasteiger partial charge is 0.306 e. The summed E-state index contributed by atoms with van der Waals surface area (Å²) in [4.78, 5) is 21.2. The minimum Gasteiger partial charge on any atom is -0.466 e. The summed E-state index contributed by atoms with van der Waals surface area (Å²) in [6, 6.07) is 0. The Morgan fingerprint density at radius 2 is 2.00 bits per heavy atom. The van der Waals surface area contributed by atoms with Gasteiger partial charge in [-0.3, -0.25) is 4.79 Å². The monoisotopic (exact) mass is 174 g/mol. The van der Waals surface area contributed by atoms with E-state index >= 15 is 0 Å². The molecule has 0 rings (SSSR count). The number of ketones is 1. The summed E-state index contributed by atoms with van der Waals surface area (Å²) >= 11 is 0. The first-order valence-corrected chi connectivity index (χ1v) is 3.92. The minimum absolute atomic E-state index is 0.0139. The van der Waals surface area contributed by atoms with Gasteiger partial charge in [-0.15, -0.1) is 0 Å². The number of esters is 1. The van der Waals surface area contributed by atoms with Gasteiger partial charge in [0, 0.05) is 19.4 Å². The van der Waals surface area contributed by atoms with E-state index in [2.05, 4.69) is 4.74 Å². The zero-order valence-electron chi connectivity index (χ0n) is 7.21. The van der Waals surface area contributed by atoms with E-state index in [1.165, 1.54) is 6.92 Å². The van der Waals surface area contributed by atoms with Crippen molar-refractivity contribution < 1.29 is 19.4 Å². The van der Waals surface area contributed by atoms with Crippen LogP contribution >= 0.6 is 0 Å². The fraction of sp³-hybridized carbons (Fsp3) is 0.750. The van der Waals surface area contributed by atoms with Gasteiger partial charge in [0.25, 0.3) is 0 Å². The molecule has 0 spiro atoms. The quantitative estimate of drug-likeness (QED) is 0.464. The molecule has 0 aromatic carbocycles. The van der Waals surface area contributed by atoms with E-state index in [1.54, 1.807) is 0 Å². The average Bonchev–Trinajstić information content (AvgIpc) is 2.01. The van der Waals surface area contributed by atoms with Gasteiger partial charge in [0.05, 0.1) is 13.0 Å². The van der Waals surface area contributed by atoms with Crippen molar-refractivity contribution in [3.63, 3.8) is 0 Å². The van der Waals surface area contributed by atoms with Crippen molar-refractivity contribution in [2.24, 2.45) is 0 Å². The number of ether oxygens (including phenoxy) is 1. The Bertz CT molecular complexity index is 153. The molecule has 1 N–H and O–H groups in total. The standard InChI is InChI=1S/C8H14O4/c1-7(10)3-4-8(11)12-6-2-5-9/h9H,2-6H2,1H3. The first-order valence-electron chi connectivity index (χ1n) is 3.92. The fourth-order valence-electron chi connectivity index (χ4n) is 0.601. The van der Waals surface area contributed by atoms with E-state index in [0.29, 0.717) is 6.42 Å². The lowest BCUT2D eigenvalue weighted by molar-refractivity contribution is -0.145. The Balaban J connectivity index is 3.28. The minimum atomic E-state index is -0.376. The highest BCUT2D eigenvalue weighted by Gasteiger charge is 2.03. The fourth-order valence-corrected chi connectivity index (χ4v) is 0.601. The molecule has 0 atom stereocenters. The van der Waals surface area contributed by atoms with Crippen LogP contribution in [0.1, 0.15) is 26.2 Å². The molecule has 0 aromatic rings. The number of carbonyl (C=O) groups is 2. The van der Waals surface area contributed by atoms with Crippen LogP contribution < -0.4 is 0 Å². The summed E-state index contributed by atoms with van der Waals surface area (Å²) in [5.41, 5.74) is 0. The lowest BCUT2D eigenvalue weighted by atomic mass is 10.2. The van der Waals surface area contributed by atoms with Gasteiger partial charge in [0.2, 0.25) is 0 Å². The molecule has 0 saturated heterocycles. The van der Waals surface area contributed by atoms with Gasteiger partial charge in [-0.2, -0.15) is 0 Å². The van der Waals surface area contributed by atoms with E-state index in [9.17, 15) is 9.59 Å². The van der Waals surface area contributed by atoms with Crippen LogP contribution in [0.4, 0.5) is 0 Å². The Morgan fingerprint density at radius 3 is 2.50 bits per heavy atom. The number of carbonyl (C=O) groups excluding carboxylic acids is 2. The second-order valence-electron chi connectivity index (χ2n) is 2.50. The summed E-state index contributed by atoms with van der Waals surface area (Å²) in [6.07, 6.45) is 0.824. The summed E-state index contributed by atoms with van der Waals surface area (Å²) in [5, 5.41) is 8.35. The molecule has 0 aromatic heterocycles. The van der Waals surface area contributed by atoms with Gasteiger partial charge >= 0.3 is 5.97 Å². The van der Waals surface area contributed by atoms with Crippen molar-refractivity contribution in [1.82, 2.24) is 0 Å². The third-order valence-corrected chi connectivity index (χ3v) is 1.25. The zero-order chi connectivity index (χ0) is 9.40. The number of hydrogen-bond donors (Lipinski definition) is 1. The predicted octanol–water partition coefficient (Wildman–Crippen LogP) is 0.281. The predicted molar refractivity (Wildman–Crippen MR) is 42.6 cm³/mol. The average molecular weight is 174 g/mol. The molecule has 0 unspecified atom stereocenters. The molecular weight excluding hydrogens is 160 g/mol. The number of aliphatic hydroxyl groups excluding tert-OH is 1. The third-order valence-electron chi connectivity index (χ3n) is 1.25. The topological polar surface area (TPSA) is 63.6 Å². The molecule has 0 aliphatic heterocycles. The van der Waals surface area contributed by atoms with Crippen LogP contribution in [0.15, 0.2) is 0 Å². The molecule has 0 aliphatic carbocycles. The van der Waals surface area contributed by atoms with E-state index in [-0.39, 0.29) is 37.8 Å². The largest absolute Gasteiger partial charge is 0.466 e. The van der Waals surface area contributed by atoms with Gasteiger partial charge in [-0.25, -0.2) is 0 Å². The van der Waals surface area contributed by atoms with Crippen molar-refractivity contribution >= 4 is 11.8 Å². The second kappa shape index (κ2) is 6.79. The maximum absolute atomic E-state index is 10.8. The van der Waals surface area contributed by atoms with E-state index in [4.69, 9.17) is 5.11 Å². The molecule has 4 heteroatoms. The Hall–Kier alpha value is -0.900. The third kappa shape index (κ3) is 7.21. The Morgan fingerprint density at radius 1 is 1.33 bits per heavy atom. The molecule has 0 heterocycles. The molecule has 70 valence electrons. The van der Waals surface area contributed by atoms with Crippen molar-refractivity contribution in [3.8, 4) is 0 Å². The van der Waals surface area contributed by atoms with Crippen LogP contribution in [0, 0.1) is 0 Å². The lowest BCUT2D eigenvalue weighted by Crippen LogP contribution is -2.08. The summed E-state index contributed by atoms with van der Waals surface area (Å²) in [7, 11) is 0. The molecule has 0 radical (unpaired) electrons. The van der Waals surface area contributed by atoms with Crippen molar-refractivity contribution in [2.75, 3.05) is 13.2 Å². The van der Waals surface area contributed by atoms with E-state index in [1.807, 2.05) is 0 Å². The van der Waals surface area contributed by atoms with Crippen molar-refractivity contribution in [1.29, 1.82) is 0 Å². The SMILES string of the molecule is CC(=O)CCC(=O)OCCCO. The molecule has 0 amide bonds. The van der Waals surface area contributed by atoms with Gasteiger partial charge in [0.15, 0.2) is 0 Å². The van der Waals surface area contributed by atoms with Crippen LogP contribution in [0.25, 0.3) is 0 Å². The highest BCUT2D eigenvalue weighted by molar-refractivity contribution is 5.80. The first kappa shape index (κ1) is 11.1. The lowest BCUT2D eigenvalue weighted by Gasteiger charge is -2.01. The molecule has 12 heavy (non-hydrogen) atoms. The van der Waals surface area contributed by atoms with E-state index in [0.717, 1.165) is 0 Å². The molecule has 0 fully saturated rings. The van der Waals surface area contributed by atoms with Crippen molar-refractivity contribution in [2.45, 2.75) is 26.2 Å². The Labute approximate surface area is 71.5 Å². The Kier molecular flexibility index (Phi) is 6.28. The number of aliphatic hydroxyl groups is 1. The molecule has 0 aliphatic rings. The van der Waals surface area contributed by atoms with Crippen LogP contribution in [0.3, 0.4) is 0 Å². The second-order valence-corrected chi connectivity index (χ2v) is 2.50. The van der Waals surface area contributed by atoms with Crippen LogP contribution in [0.5, 0.6) is 0 Å². The summed E-state index contributed by atoms with van der Waals surface area (Å²) in [6.45, 7) is 1.67. The number of hydrogen-bond acceptors (Lipinski definition) is 4. The first-order chi connectivity index (χ1) is 5.66. The maximum Gasteiger partial charge on any atom is 0.306 e. The number of Topliss-reactive ketones (excluding diaryl/α,β-unsaturated/α-hetero) is 1. The molecule has 4 nitrogen and oxygen atoms in total. The van der Waals surface area contributed by atoms with Gasteiger partial charge < -0.3 is 14.6 Å². The van der Waals surface area contributed by atoms with Crippen LogP contribution in [-0.4, -0.2) is 30.1 Å². The van der Waals surface area contributed by atoms with E-state index < -0.39 is 0 Å². The maximum atomic E-state index is 10.8. The zero-order valence-corrected chi connectivity index (χ0v) is 7.21. The highest BCUT2D eigenvalue weighted by Crippen LogP contribution is 1.94. The highest BCUT2D eigenvalue weighted by atomic mass is 16.5. The normalized spacial score (nSPS) is 9.50. The number of rotatable bonds is 6. The molecular formula is C8H14O4. The summed E-state index contributed by atoms with van der Waals surface area (Å²) < 4.78 is 4.68.